The van der Waals surface area contributed by atoms with E-state index in [0.29, 0.717) is 34.9 Å². The molecule has 3 aromatic rings. The first-order valence-electron chi connectivity index (χ1n) is 8.77. The van der Waals surface area contributed by atoms with E-state index in [-0.39, 0.29) is 11.9 Å². The summed E-state index contributed by atoms with van der Waals surface area (Å²) in [5.74, 6) is 0.708. The Kier molecular flexibility index (Phi) is 4.68. The number of nitrogens with two attached hydrogens (primary N) is 1. The van der Waals surface area contributed by atoms with Crippen LogP contribution in [0.3, 0.4) is 0 Å². The van der Waals surface area contributed by atoms with Crippen molar-refractivity contribution < 1.29 is 4.74 Å². The van der Waals surface area contributed by atoms with E-state index >= 15 is 0 Å². The van der Waals surface area contributed by atoms with Crippen LogP contribution in [0.4, 0.5) is 11.8 Å². The molecule has 0 amide bonds. The molecular formula is C19H19N7O. The summed E-state index contributed by atoms with van der Waals surface area (Å²) in [6.07, 6.45) is 7.52. The number of nitrogens with zero attached hydrogens (tertiary/aromatic N) is 4. The summed E-state index contributed by atoms with van der Waals surface area (Å²) in [5, 5.41) is 12.7. The van der Waals surface area contributed by atoms with Crippen molar-refractivity contribution in [1.82, 2.24) is 19.9 Å². The van der Waals surface area contributed by atoms with Crippen LogP contribution in [0.15, 0.2) is 36.8 Å². The van der Waals surface area contributed by atoms with E-state index in [4.69, 9.17) is 10.5 Å². The molecule has 4 N–H and O–H groups in total. The Hall–Kier alpha value is -3.44. The maximum atomic E-state index is 9.50. The van der Waals surface area contributed by atoms with Crippen LogP contribution < -0.4 is 11.1 Å². The number of rotatable bonds is 5. The lowest BCUT2D eigenvalue weighted by atomic mass is 10.0. The van der Waals surface area contributed by atoms with Gasteiger partial charge in [0.2, 0.25) is 5.95 Å². The van der Waals surface area contributed by atoms with Crippen LogP contribution in [0.1, 0.15) is 18.4 Å². The third kappa shape index (κ3) is 3.59. The largest absolute Gasteiger partial charge is 0.383 e. The number of anilines is 2. The smallest absolute Gasteiger partial charge is 0.222 e. The number of H-pyrrole nitrogens is 1. The molecule has 0 aromatic carbocycles. The zero-order chi connectivity index (χ0) is 18.6. The quantitative estimate of drug-likeness (QED) is 0.637. The first-order valence-corrected chi connectivity index (χ1v) is 8.77. The zero-order valence-corrected chi connectivity index (χ0v) is 14.6. The van der Waals surface area contributed by atoms with E-state index in [1.807, 2.05) is 24.4 Å². The number of pyridine rings is 1. The van der Waals surface area contributed by atoms with E-state index in [0.717, 1.165) is 25.1 Å². The van der Waals surface area contributed by atoms with Crippen LogP contribution >= 0.6 is 0 Å². The van der Waals surface area contributed by atoms with Gasteiger partial charge in [0.1, 0.15) is 17.5 Å². The molecule has 8 heteroatoms. The highest BCUT2D eigenvalue weighted by Gasteiger charge is 2.16. The SMILES string of the molecule is N#Cc1c(-c2cnc(NC[C@@H]3CCCO3)nc2)cc(-c2ccc[nH]2)nc1N. The molecule has 8 nitrogen and oxygen atoms in total. The predicted octanol–water partition coefficient (Wildman–Crippen LogP) is 2.58. The van der Waals surface area contributed by atoms with Gasteiger partial charge in [0.15, 0.2) is 0 Å². The molecule has 0 radical (unpaired) electrons. The Balaban J connectivity index is 1.61. The van der Waals surface area contributed by atoms with E-state index in [1.54, 1.807) is 12.4 Å². The molecule has 0 unspecified atom stereocenters. The summed E-state index contributed by atoms with van der Waals surface area (Å²) in [6.45, 7) is 1.50. The molecule has 4 heterocycles. The first kappa shape index (κ1) is 17.0. The minimum atomic E-state index is 0.181. The first-order chi connectivity index (χ1) is 13.2. The van der Waals surface area contributed by atoms with Gasteiger partial charge in [-0.25, -0.2) is 15.0 Å². The van der Waals surface area contributed by atoms with Gasteiger partial charge >= 0.3 is 0 Å². The van der Waals surface area contributed by atoms with Crippen molar-refractivity contribution in [3.63, 3.8) is 0 Å². The monoisotopic (exact) mass is 361 g/mol. The Morgan fingerprint density at radius 3 is 2.89 bits per heavy atom. The standard InChI is InChI=1S/C19H19N7O/c20-8-15-14(7-17(26-18(15)21)16-4-1-5-22-16)12-9-23-19(24-10-12)25-11-13-3-2-6-27-13/h1,4-5,7,9-10,13,22H,2-3,6,11H2,(H2,21,26)(H,23,24,25)/t13-/m0/s1. The second-order valence-electron chi connectivity index (χ2n) is 6.32. The zero-order valence-electron chi connectivity index (χ0n) is 14.6. The lowest BCUT2D eigenvalue weighted by Crippen LogP contribution is -2.19. The van der Waals surface area contributed by atoms with Gasteiger partial charge in [-0.15, -0.1) is 0 Å². The van der Waals surface area contributed by atoms with Crippen molar-refractivity contribution in [2.75, 3.05) is 24.2 Å². The summed E-state index contributed by atoms with van der Waals surface area (Å²) >= 11 is 0. The van der Waals surface area contributed by atoms with Crippen molar-refractivity contribution in [2.45, 2.75) is 18.9 Å². The molecule has 1 fully saturated rings. The average molecular weight is 361 g/mol. The summed E-state index contributed by atoms with van der Waals surface area (Å²) in [5.41, 5.74) is 9.16. The molecule has 1 saturated heterocycles. The molecule has 3 aromatic heterocycles. The van der Waals surface area contributed by atoms with Gasteiger partial charge in [-0.05, 0) is 31.0 Å². The maximum absolute atomic E-state index is 9.50. The molecule has 1 aliphatic heterocycles. The number of hydrogen-bond donors (Lipinski definition) is 3. The maximum Gasteiger partial charge on any atom is 0.222 e. The highest BCUT2D eigenvalue weighted by Crippen LogP contribution is 2.30. The minimum Gasteiger partial charge on any atom is -0.383 e. The Morgan fingerprint density at radius 1 is 1.37 bits per heavy atom. The van der Waals surface area contributed by atoms with Crippen LogP contribution in [0.5, 0.6) is 0 Å². The van der Waals surface area contributed by atoms with Gasteiger partial charge in [0.25, 0.3) is 0 Å². The summed E-state index contributed by atoms with van der Waals surface area (Å²) in [4.78, 5) is 16.1. The van der Waals surface area contributed by atoms with E-state index in [2.05, 4.69) is 31.3 Å². The number of nitrogen functional groups attached to an aromatic ring is 1. The Morgan fingerprint density at radius 2 is 2.22 bits per heavy atom. The number of hydrogen-bond acceptors (Lipinski definition) is 7. The molecule has 0 saturated carbocycles. The fourth-order valence-electron chi connectivity index (χ4n) is 3.11. The summed E-state index contributed by atoms with van der Waals surface area (Å²) < 4.78 is 5.58. The Labute approximate surface area is 156 Å². The summed E-state index contributed by atoms with van der Waals surface area (Å²) in [6, 6.07) is 7.72. The molecule has 0 bridgehead atoms. The van der Waals surface area contributed by atoms with Crippen LogP contribution in [0.25, 0.3) is 22.5 Å². The van der Waals surface area contributed by atoms with E-state index in [9.17, 15) is 5.26 Å². The van der Waals surface area contributed by atoms with E-state index < -0.39 is 0 Å². The second-order valence-corrected chi connectivity index (χ2v) is 6.32. The molecule has 0 spiro atoms. The van der Waals surface area contributed by atoms with Gasteiger partial charge in [-0.2, -0.15) is 5.26 Å². The average Bonchev–Trinajstić information content (AvgIpc) is 3.40. The van der Waals surface area contributed by atoms with Gasteiger partial charge in [-0.3, -0.25) is 0 Å². The summed E-state index contributed by atoms with van der Waals surface area (Å²) in [7, 11) is 0. The number of nitrogens with one attached hydrogen (secondary N) is 2. The minimum absolute atomic E-state index is 0.181. The number of aromatic nitrogens is 4. The molecule has 4 rings (SSSR count). The fraction of sp³-hybridized carbons (Fsp3) is 0.263. The highest BCUT2D eigenvalue weighted by molar-refractivity contribution is 5.78. The predicted molar refractivity (Wildman–Crippen MR) is 102 cm³/mol. The topological polar surface area (TPSA) is 126 Å². The Bertz CT molecular complexity index is 955. The van der Waals surface area contributed by atoms with Crippen LogP contribution in [-0.2, 0) is 4.74 Å². The van der Waals surface area contributed by atoms with Crippen molar-refractivity contribution in [3.05, 3.63) is 42.4 Å². The molecule has 27 heavy (non-hydrogen) atoms. The third-order valence-corrected chi connectivity index (χ3v) is 4.51. The van der Waals surface area contributed by atoms with E-state index in [1.165, 1.54) is 0 Å². The highest BCUT2D eigenvalue weighted by atomic mass is 16.5. The molecule has 136 valence electrons. The molecular weight excluding hydrogens is 342 g/mol. The van der Waals surface area contributed by atoms with Crippen LogP contribution in [-0.4, -0.2) is 39.2 Å². The molecule has 0 aliphatic carbocycles. The fourth-order valence-corrected chi connectivity index (χ4v) is 3.11. The second kappa shape index (κ2) is 7.43. The van der Waals surface area contributed by atoms with Crippen molar-refractivity contribution in [3.8, 4) is 28.6 Å². The van der Waals surface area contributed by atoms with Crippen LogP contribution in [0, 0.1) is 11.3 Å². The third-order valence-electron chi connectivity index (χ3n) is 4.51. The molecule has 1 atom stereocenters. The molecule has 1 aliphatic rings. The number of aromatic amines is 1. The van der Waals surface area contributed by atoms with Crippen molar-refractivity contribution in [2.24, 2.45) is 0 Å². The van der Waals surface area contributed by atoms with Gasteiger partial charge in [-0.1, -0.05) is 0 Å². The number of nitriles is 1. The van der Waals surface area contributed by atoms with Gasteiger partial charge in [0, 0.05) is 42.9 Å². The normalized spacial score (nSPS) is 16.2. The van der Waals surface area contributed by atoms with Crippen molar-refractivity contribution >= 4 is 11.8 Å². The van der Waals surface area contributed by atoms with Gasteiger partial charge in [0.05, 0.1) is 17.5 Å². The van der Waals surface area contributed by atoms with Crippen LogP contribution in [0.2, 0.25) is 0 Å². The lowest BCUT2D eigenvalue weighted by molar-refractivity contribution is 0.120. The lowest BCUT2D eigenvalue weighted by Gasteiger charge is -2.12. The van der Waals surface area contributed by atoms with Gasteiger partial charge < -0.3 is 20.8 Å². The number of ether oxygens (including phenoxy) is 1. The van der Waals surface area contributed by atoms with Crippen molar-refractivity contribution in [1.29, 1.82) is 5.26 Å².